The zero-order valence-corrected chi connectivity index (χ0v) is 18.9. The molecule has 0 aliphatic carbocycles. The van der Waals surface area contributed by atoms with E-state index in [1.807, 2.05) is 24.3 Å². The molecular weight excluding hydrogens is 370 g/mol. The molecule has 30 heavy (non-hydrogen) atoms. The molecule has 0 unspecified atom stereocenters. The summed E-state index contributed by atoms with van der Waals surface area (Å²) < 4.78 is 5.77. The predicted octanol–water partition coefficient (Wildman–Crippen LogP) is 8.00. The Hall–Kier alpha value is -2.29. The van der Waals surface area contributed by atoms with Crippen molar-refractivity contribution >= 4 is 11.9 Å². The van der Waals surface area contributed by atoms with Gasteiger partial charge in [-0.1, -0.05) is 77.3 Å². The Morgan fingerprint density at radius 1 is 0.800 bits per heavy atom. The van der Waals surface area contributed by atoms with Gasteiger partial charge in [0.05, 0.1) is 12.3 Å². The van der Waals surface area contributed by atoms with Crippen LogP contribution in [0.5, 0.6) is 11.5 Å². The van der Waals surface area contributed by atoms with Crippen LogP contribution in [-0.4, -0.2) is 17.9 Å². The highest BCUT2D eigenvalue weighted by atomic mass is 16.5. The molecule has 0 saturated heterocycles. The van der Waals surface area contributed by atoms with E-state index in [1.54, 1.807) is 12.3 Å². The second-order valence-electron chi connectivity index (χ2n) is 8.07. The lowest BCUT2D eigenvalue weighted by atomic mass is 10.1. The SMILES string of the molecule is CCCCCCCCOc1ccc(C=Nc2ccc(CCCCCC)cc2)c(O)c1. The average molecular weight is 410 g/mol. The van der Waals surface area contributed by atoms with E-state index in [0.717, 1.165) is 18.5 Å². The van der Waals surface area contributed by atoms with Crippen LogP contribution in [0.15, 0.2) is 47.5 Å². The summed E-state index contributed by atoms with van der Waals surface area (Å²) in [7, 11) is 0. The molecule has 0 bridgehead atoms. The lowest BCUT2D eigenvalue weighted by molar-refractivity contribution is 0.302. The Morgan fingerprint density at radius 3 is 2.17 bits per heavy atom. The number of aryl methyl sites for hydroxylation is 1. The third-order valence-corrected chi connectivity index (χ3v) is 5.38. The molecule has 2 aromatic carbocycles. The third kappa shape index (κ3) is 9.47. The first-order valence-corrected chi connectivity index (χ1v) is 11.8. The Morgan fingerprint density at radius 2 is 1.47 bits per heavy atom. The lowest BCUT2D eigenvalue weighted by Gasteiger charge is -2.08. The molecule has 0 aliphatic rings. The number of aliphatic imine (C=N–C) groups is 1. The van der Waals surface area contributed by atoms with Gasteiger partial charge in [-0.05, 0) is 49.1 Å². The smallest absolute Gasteiger partial charge is 0.128 e. The third-order valence-electron chi connectivity index (χ3n) is 5.38. The summed E-state index contributed by atoms with van der Waals surface area (Å²) in [6, 6.07) is 13.8. The zero-order valence-electron chi connectivity index (χ0n) is 18.9. The molecule has 0 aliphatic heterocycles. The Balaban J connectivity index is 1.77. The van der Waals surface area contributed by atoms with Crippen molar-refractivity contribution in [2.45, 2.75) is 84.5 Å². The molecule has 2 rings (SSSR count). The number of hydrogen-bond acceptors (Lipinski definition) is 3. The summed E-state index contributed by atoms with van der Waals surface area (Å²) in [5, 5.41) is 10.3. The van der Waals surface area contributed by atoms with E-state index < -0.39 is 0 Å². The van der Waals surface area contributed by atoms with Crippen LogP contribution in [-0.2, 0) is 6.42 Å². The van der Waals surface area contributed by atoms with Gasteiger partial charge in [0, 0.05) is 17.8 Å². The van der Waals surface area contributed by atoms with Crippen LogP contribution in [0, 0.1) is 0 Å². The molecule has 0 spiro atoms. The van der Waals surface area contributed by atoms with Gasteiger partial charge in [0.1, 0.15) is 11.5 Å². The fourth-order valence-electron chi connectivity index (χ4n) is 3.44. The topological polar surface area (TPSA) is 41.8 Å². The highest BCUT2D eigenvalue weighted by Gasteiger charge is 2.02. The number of rotatable bonds is 15. The lowest BCUT2D eigenvalue weighted by Crippen LogP contribution is -1.97. The van der Waals surface area contributed by atoms with E-state index in [9.17, 15) is 5.11 Å². The molecule has 0 amide bonds. The van der Waals surface area contributed by atoms with Gasteiger partial charge in [-0.25, -0.2) is 0 Å². The summed E-state index contributed by atoms with van der Waals surface area (Å²) >= 11 is 0. The van der Waals surface area contributed by atoms with Gasteiger partial charge >= 0.3 is 0 Å². The van der Waals surface area contributed by atoms with Crippen molar-refractivity contribution in [3.8, 4) is 11.5 Å². The summed E-state index contributed by atoms with van der Waals surface area (Å²) in [5.41, 5.74) is 2.96. The van der Waals surface area contributed by atoms with Crippen molar-refractivity contribution in [1.29, 1.82) is 0 Å². The molecule has 3 nitrogen and oxygen atoms in total. The molecule has 1 N–H and O–H groups in total. The molecular formula is C27H39NO2. The fourth-order valence-corrected chi connectivity index (χ4v) is 3.44. The minimum absolute atomic E-state index is 0.201. The van der Waals surface area contributed by atoms with Gasteiger partial charge < -0.3 is 9.84 Å². The first-order chi connectivity index (χ1) is 14.7. The number of hydrogen-bond donors (Lipinski definition) is 1. The predicted molar refractivity (Wildman–Crippen MR) is 129 cm³/mol. The molecule has 0 saturated carbocycles. The number of aromatic hydroxyl groups is 1. The first-order valence-electron chi connectivity index (χ1n) is 11.8. The van der Waals surface area contributed by atoms with Crippen LogP contribution >= 0.6 is 0 Å². The molecule has 164 valence electrons. The van der Waals surface area contributed by atoms with Crippen molar-refractivity contribution in [2.24, 2.45) is 4.99 Å². The number of ether oxygens (including phenoxy) is 1. The minimum atomic E-state index is 0.201. The van der Waals surface area contributed by atoms with Crippen LogP contribution in [0.25, 0.3) is 0 Å². The Bertz CT molecular complexity index is 737. The Labute approximate surface area is 183 Å². The second-order valence-corrected chi connectivity index (χ2v) is 8.07. The largest absolute Gasteiger partial charge is 0.507 e. The standard InChI is InChI=1S/C27H39NO2/c1-3-5-7-9-10-12-20-30-26-19-16-24(27(29)21-26)22-28-25-17-14-23(15-18-25)13-11-8-6-4-2/h14-19,21-22,29H,3-13,20H2,1-2H3. The minimum Gasteiger partial charge on any atom is -0.507 e. The van der Waals surface area contributed by atoms with E-state index >= 15 is 0 Å². The Kier molecular flexibility index (Phi) is 11.7. The van der Waals surface area contributed by atoms with Crippen molar-refractivity contribution in [2.75, 3.05) is 6.61 Å². The van der Waals surface area contributed by atoms with Crippen molar-refractivity contribution in [1.82, 2.24) is 0 Å². The monoisotopic (exact) mass is 409 g/mol. The molecule has 0 fully saturated rings. The van der Waals surface area contributed by atoms with E-state index in [1.165, 1.54) is 63.4 Å². The van der Waals surface area contributed by atoms with Crippen LogP contribution in [0.4, 0.5) is 5.69 Å². The number of unbranched alkanes of at least 4 members (excludes halogenated alkanes) is 8. The van der Waals surface area contributed by atoms with Crippen LogP contribution in [0.2, 0.25) is 0 Å². The second kappa shape index (κ2) is 14.7. The van der Waals surface area contributed by atoms with Crippen molar-refractivity contribution in [3.63, 3.8) is 0 Å². The maximum atomic E-state index is 10.3. The van der Waals surface area contributed by atoms with E-state index in [0.29, 0.717) is 17.9 Å². The average Bonchev–Trinajstić information content (AvgIpc) is 2.76. The highest BCUT2D eigenvalue weighted by molar-refractivity contribution is 5.85. The number of phenolic OH excluding ortho intramolecular Hbond substituents is 1. The maximum absolute atomic E-state index is 10.3. The fraction of sp³-hybridized carbons (Fsp3) is 0.519. The highest BCUT2D eigenvalue weighted by Crippen LogP contribution is 2.24. The first kappa shape index (κ1) is 24.0. The van der Waals surface area contributed by atoms with E-state index in [2.05, 4.69) is 31.0 Å². The van der Waals surface area contributed by atoms with Gasteiger partial charge in [-0.2, -0.15) is 0 Å². The van der Waals surface area contributed by atoms with Gasteiger partial charge in [0.15, 0.2) is 0 Å². The number of nitrogens with zero attached hydrogens (tertiary/aromatic N) is 1. The summed E-state index contributed by atoms with van der Waals surface area (Å²) in [5.74, 6) is 0.914. The molecule has 0 atom stereocenters. The maximum Gasteiger partial charge on any atom is 0.128 e. The quantitative estimate of drug-likeness (QED) is 0.239. The van der Waals surface area contributed by atoms with Crippen LogP contribution in [0.3, 0.4) is 0 Å². The number of benzene rings is 2. The van der Waals surface area contributed by atoms with Crippen molar-refractivity contribution < 1.29 is 9.84 Å². The van der Waals surface area contributed by atoms with E-state index in [4.69, 9.17) is 4.74 Å². The molecule has 0 radical (unpaired) electrons. The van der Waals surface area contributed by atoms with Crippen LogP contribution in [0.1, 0.15) is 89.2 Å². The van der Waals surface area contributed by atoms with Gasteiger partial charge in [-0.15, -0.1) is 0 Å². The molecule has 3 heteroatoms. The molecule has 2 aromatic rings. The summed E-state index contributed by atoms with van der Waals surface area (Å²) in [6.45, 7) is 5.17. The van der Waals surface area contributed by atoms with Gasteiger partial charge in [0.25, 0.3) is 0 Å². The molecule has 0 aromatic heterocycles. The van der Waals surface area contributed by atoms with Gasteiger partial charge in [-0.3, -0.25) is 4.99 Å². The normalized spacial score (nSPS) is 11.3. The van der Waals surface area contributed by atoms with Gasteiger partial charge in [0.2, 0.25) is 0 Å². The summed E-state index contributed by atoms with van der Waals surface area (Å²) in [4.78, 5) is 4.50. The van der Waals surface area contributed by atoms with E-state index in [-0.39, 0.29) is 5.75 Å². The number of phenols is 1. The molecule has 0 heterocycles. The summed E-state index contributed by atoms with van der Waals surface area (Å²) in [6.07, 6.45) is 15.4. The van der Waals surface area contributed by atoms with Crippen molar-refractivity contribution in [3.05, 3.63) is 53.6 Å². The van der Waals surface area contributed by atoms with Crippen LogP contribution < -0.4 is 4.74 Å². The zero-order chi connectivity index (χ0) is 21.4.